The van der Waals surface area contributed by atoms with Crippen LogP contribution >= 0.6 is 43.5 Å². The van der Waals surface area contributed by atoms with Gasteiger partial charge in [-0.2, -0.15) is 0 Å². The fourth-order valence-electron chi connectivity index (χ4n) is 2.77. The zero-order valence-electron chi connectivity index (χ0n) is 17.0. The molecule has 2 rings (SSSR count). The third-order valence-corrected chi connectivity index (χ3v) is 5.83. The number of ether oxygens (including phenoxy) is 1. The minimum atomic E-state index is -0.634. The minimum Gasteiger partial charge on any atom is -0.483 e. The summed E-state index contributed by atoms with van der Waals surface area (Å²) in [6.45, 7) is 4.49. The molecule has 0 aliphatic rings. The molecule has 0 fully saturated rings. The number of rotatable bonds is 10. The first-order valence-corrected chi connectivity index (χ1v) is 11.7. The largest absolute Gasteiger partial charge is 0.483 e. The normalized spacial score (nSPS) is 11.6. The van der Waals surface area contributed by atoms with Crippen molar-refractivity contribution in [3.63, 3.8) is 0 Å². The maximum atomic E-state index is 13.0. The zero-order valence-corrected chi connectivity index (χ0v) is 20.9. The second-order valence-corrected chi connectivity index (χ2v) is 9.04. The van der Waals surface area contributed by atoms with Gasteiger partial charge in [0.15, 0.2) is 6.61 Å². The first-order valence-electron chi connectivity index (χ1n) is 9.71. The Balaban J connectivity index is 2.13. The number of carbonyl (C=O) groups is 2. The van der Waals surface area contributed by atoms with Crippen molar-refractivity contribution < 1.29 is 14.3 Å². The zero-order chi connectivity index (χ0) is 22.1. The van der Waals surface area contributed by atoms with Gasteiger partial charge in [0.1, 0.15) is 11.8 Å². The predicted molar refractivity (Wildman–Crippen MR) is 127 cm³/mol. The predicted octanol–water partition coefficient (Wildman–Crippen LogP) is 5.58. The Bertz CT molecular complexity index is 879. The molecule has 0 aliphatic heterocycles. The van der Waals surface area contributed by atoms with Crippen LogP contribution in [0.2, 0.25) is 5.02 Å². The van der Waals surface area contributed by atoms with Crippen LogP contribution in [0, 0.1) is 0 Å². The van der Waals surface area contributed by atoms with Crippen molar-refractivity contribution in [1.29, 1.82) is 0 Å². The first-order chi connectivity index (χ1) is 14.3. The summed E-state index contributed by atoms with van der Waals surface area (Å²) in [7, 11) is 0. The molecule has 0 heterocycles. The van der Waals surface area contributed by atoms with Gasteiger partial charge in [0.25, 0.3) is 5.91 Å². The van der Waals surface area contributed by atoms with Crippen LogP contribution in [0.1, 0.15) is 32.3 Å². The molecule has 162 valence electrons. The van der Waals surface area contributed by atoms with E-state index in [9.17, 15) is 9.59 Å². The van der Waals surface area contributed by atoms with E-state index in [1.807, 2.05) is 24.3 Å². The van der Waals surface area contributed by atoms with E-state index in [-0.39, 0.29) is 18.4 Å². The number of carbonyl (C=O) groups excluding carboxylic acids is 2. The Morgan fingerprint density at radius 3 is 2.63 bits per heavy atom. The first kappa shape index (κ1) is 24.7. The third kappa shape index (κ3) is 7.60. The molecule has 30 heavy (non-hydrogen) atoms. The monoisotopic (exact) mass is 558 g/mol. The van der Waals surface area contributed by atoms with E-state index in [0.29, 0.717) is 28.3 Å². The average molecular weight is 561 g/mol. The molecule has 0 unspecified atom stereocenters. The highest BCUT2D eigenvalue weighted by Gasteiger charge is 2.26. The summed E-state index contributed by atoms with van der Waals surface area (Å²) < 4.78 is 7.26. The van der Waals surface area contributed by atoms with Crippen molar-refractivity contribution in [2.45, 2.75) is 39.3 Å². The quantitative estimate of drug-likeness (QED) is 0.386. The molecule has 0 aromatic heterocycles. The molecule has 1 atom stereocenters. The molecular weight excluding hydrogens is 536 g/mol. The molecule has 0 spiro atoms. The molecule has 2 amide bonds. The van der Waals surface area contributed by atoms with Gasteiger partial charge in [0, 0.05) is 22.6 Å². The number of hydrogen-bond donors (Lipinski definition) is 1. The lowest BCUT2D eigenvalue weighted by Crippen LogP contribution is -2.49. The van der Waals surface area contributed by atoms with Gasteiger partial charge in [-0.05, 0) is 65.2 Å². The number of benzene rings is 2. The molecular formula is C22H25Br2ClN2O3. The van der Waals surface area contributed by atoms with E-state index in [1.54, 1.807) is 25.1 Å². The molecule has 0 bridgehead atoms. The molecule has 0 radical (unpaired) electrons. The van der Waals surface area contributed by atoms with Gasteiger partial charge in [0.2, 0.25) is 5.91 Å². The Labute approximate surface area is 199 Å². The minimum absolute atomic E-state index is 0.181. The summed E-state index contributed by atoms with van der Waals surface area (Å²) in [4.78, 5) is 27.2. The van der Waals surface area contributed by atoms with Gasteiger partial charge in [-0.15, -0.1) is 0 Å². The Morgan fingerprint density at radius 2 is 1.97 bits per heavy atom. The maximum Gasteiger partial charge on any atom is 0.261 e. The number of nitrogens with zero attached hydrogens (tertiary/aromatic N) is 1. The van der Waals surface area contributed by atoms with Crippen LogP contribution in [0.3, 0.4) is 0 Å². The smallest absolute Gasteiger partial charge is 0.261 e. The van der Waals surface area contributed by atoms with Gasteiger partial charge >= 0.3 is 0 Å². The fraction of sp³-hybridized carbons (Fsp3) is 0.364. The van der Waals surface area contributed by atoms with Crippen molar-refractivity contribution in [3.05, 3.63) is 62.0 Å². The molecule has 8 heteroatoms. The summed E-state index contributed by atoms with van der Waals surface area (Å²) in [5, 5.41) is 3.46. The fourth-order valence-corrected chi connectivity index (χ4v) is 4.01. The van der Waals surface area contributed by atoms with Crippen LogP contribution < -0.4 is 10.1 Å². The standard InChI is InChI=1S/C22H25Br2ClN2O3/c1-3-4-10-26-22(29)15(2)27(13-16-6-5-7-17(23)11-16)21(28)14-30-20-9-8-18(25)12-19(20)24/h5-9,11-12,15H,3-4,10,13-14H2,1-2H3,(H,26,29)/t15-/m0/s1. The highest BCUT2D eigenvalue weighted by molar-refractivity contribution is 9.10. The van der Waals surface area contributed by atoms with Crippen molar-refractivity contribution in [2.75, 3.05) is 13.2 Å². The molecule has 5 nitrogen and oxygen atoms in total. The van der Waals surface area contributed by atoms with Crippen LogP contribution in [0.4, 0.5) is 0 Å². The number of nitrogens with one attached hydrogen (secondary N) is 1. The molecule has 0 saturated carbocycles. The summed E-state index contributed by atoms with van der Waals surface area (Å²) >= 11 is 12.8. The van der Waals surface area contributed by atoms with E-state index in [0.717, 1.165) is 22.9 Å². The lowest BCUT2D eigenvalue weighted by Gasteiger charge is -2.29. The Kier molecular flexibility index (Phi) is 10.1. The summed E-state index contributed by atoms with van der Waals surface area (Å²) in [6.07, 6.45) is 1.88. The highest BCUT2D eigenvalue weighted by atomic mass is 79.9. The topological polar surface area (TPSA) is 58.6 Å². The lowest BCUT2D eigenvalue weighted by atomic mass is 10.1. The van der Waals surface area contributed by atoms with Crippen LogP contribution in [-0.2, 0) is 16.1 Å². The lowest BCUT2D eigenvalue weighted by molar-refractivity contribution is -0.142. The van der Waals surface area contributed by atoms with E-state index in [4.69, 9.17) is 16.3 Å². The second kappa shape index (κ2) is 12.3. The van der Waals surface area contributed by atoms with E-state index in [1.165, 1.54) is 4.90 Å². The molecule has 1 N–H and O–H groups in total. The molecule has 0 saturated heterocycles. The number of unbranched alkanes of at least 4 members (excludes halogenated alkanes) is 1. The average Bonchev–Trinajstić information content (AvgIpc) is 2.71. The van der Waals surface area contributed by atoms with Gasteiger partial charge < -0.3 is 15.0 Å². The van der Waals surface area contributed by atoms with Crippen molar-refractivity contribution in [2.24, 2.45) is 0 Å². The highest BCUT2D eigenvalue weighted by Crippen LogP contribution is 2.28. The summed E-state index contributed by atoms with van der Waals surface area (Å²) in [6, 6.07) is 12.1. The maximum absolute atomic E-state index is 13.0. The van der Waals surface area contributed by atoms with Gasteiger partial charge in [-0.3, -0.25) is 9.59 Å². The molecule has 0 aliphatic carbocycles. The van der Waals surface area contributed by atoms with Crippen LogP contribution in [0.15, 0.2) is 51.4 Å². The second-order valence-electron chi connectivity index (χ2n) is 6.84. The van der Waals surface area contributed by atoms with Crippen LogP contribution in [0.5, 0.6) is 5.75 Å². The van der Waals surface area contributed by atoms with E-state index >= 15 is 0 Å². The Hall–Kier alpha value is -1.57. The SMILES string of the molecule is CCCCNC(=O)[C@H](C)N(Cc1cccc(Br)c1)C(=O)COc1ccc(Cl)cc1Br. The summed E-state index contributed by atoms with van der Waals surface area (Å²) in [5.41, 5.74) is 0.915. The van der Waals surface area contributed by atoms with Crippen LogP contribution in [-0.4, -0.2) is 35.9 Å². The molecule has 2 aromatic carbocycles. The van der Waals surface area contributed by atoms with Crippen molar-refractivity contribution in [1.82, 2.24) is 10.2 Å². The number of amides is 2. The van der Waals surface area contributed by atoms with Gasteiger partial charge in [-0.25, -0.2) is 0 Å². The van der Waals surface area contributed by atoms with Gasteiger partial charge in [0.05, 0.1) is 4.47 Å². The van der Waals surface area contributed by atoms with E-state index in [2.05, 4.69) is 44.1 Å². The van der Waals surface area contributed by atoms with Gasteiger partial charge in [-0.1, -0.05) is 53.0 Å². The number of halogens is 3. The molecule has 2 aromatic rings. The third-order valence-electron chi connectivity index (χ3n) is 4.48. The Morgan fingerprint density at radius 1 is 1.20 bits per heavy atom. The number of hydrogen-bond acceptors (Lipinski definition) is 3. The van der Waals surface area contributed by atoms with Crippen LogP contribution in [0.25, 0.3) is 0 Å². The van der Waals surface area contributed by atoms with Crippen molar-refractivity contribution >= 4 is 55.3 Å². The van der Waals surface area contributed by atoms with Crippen molar-refractivity contribution in [3.8, 4) is 5.75 Å². The summed E-state index contributed by atoms with van der Waals surface area (Å²) in [5.74, 6) is 0.0460. The van der Waals surface area contributed by atoms with E-state index < -0.39 is 6.04 Å².